The van der Waals surface area contributed by atoms with Gasteiger partial charge in [0.15, 0.2) is 0 Å². The van der Waals surface area contributed by atoms with Gasteiger partial charge >= 0.3 is 0 Å². The highest BCUT2D eigenvalue weighted by atomic mass is 35.5. The predicted molar refractivity (Wildman–Crippen MR) is 134 cm³/mol. The van der Waals surface area contributed by atoms with Crippen molar-refractivity contribution in [1.82, 2.24) is 14.2 Å². The second kappa shape index (κ2) is 7.57. The average molecular weight is 469 g/mol. The number of amides is 1. The van der Waals surface area contributed by atoms with E-state index in [1.807, 2.05) is 43.3 Å². The van der Waals surface area contributed by atoms with Gasteiger partial charge in [-0.25, -0.2) is 9.99 Å². The van der Waals surface area contributed by atoms with Crippen molar-refractivity contribution in [3.63, 3.8) is 0 Å². The van der Waals surface area contributed by atoms with Gasteiger partial charge in [-0.2, -0.15) is 4.68 Å². The minimum absolute atomic E-state index is 0.273. The summed E-state index contributed by atoms with van der Waals surface area (Å²) in [6.07, 6.45) is 5.34. The summed E-state index contributed by atoms with van der Waals surface area (Å²) in [6.45, 7) is 3.77. The summed E-state index contributed by atoms with van der Waals surface area (Å²) in [5.74, 6) is 0.126. The molecule has 168 valence electrons. The smallest absolute Gasteiger partial charge is 0.282 e. The van der Waals surface area contributed by atoms with Crippen molar-refractivity contribution >= 4 is 39.7 Å². The minimum atomic E-state index is -0.384. The molecule has 4 aromatic rings. The molecule has 0 unspecified atom stereocenters. The van der Waals surface area contributed by atoms with Crippen molar-refractivity contribution in [2.75, 3.05) is 5.01 Å². The van der Waals surface area contributed by atoms with Gasteiger partial charge < -0.3 is 4.57 Å². The van der Waals surface area contributed by atoms with Crippen molar-refractivity contribution in [3.05, 3.63) is 111 Å². The third-order valence-electron chi connectivity index (χ3n) is 6.48. The molecular weight excluding hydrogens is 448 g/mol. The van der Waals surface area contributed by atoms with E-state index in [0.29, 0.717) is 21.9 Å². The number of rotatable bonds is 2. The van der Waals surface area contributed by atoms with Crippen LogP contribution in [0.1, 0.15) is 34.8 Å². The van der Waals surface area contributed by atoms with Crippen LogP contribution in [0.3, 0.4) is 0 Å². The van der Waals surface area contributed by atoms with E-state index in [-0.39, 0.29) is 16.9 Å². The van der Waals surface area contributed by atoms with E-state index in [2.05, 4.69) is 15.6 Å². The lowest BCUT2D eigenvalue weighted by Gasteiger charge is -2.24. The number of aromatic nitrogens is 3. The zero-order chi connectivity index (χ0) is 23.6. The lowest BCUT2D eigenvalue weighted by atomic mass is 9.96. The molecule has 0 fully saturated rings. The highest BCUT2D eigenvalue weighted by Gasteiger charge is 2.34. The lowest BCUT2D eigenvalue weighted by molar-refractivity contribution is -0.114. The Morgan fingerprint density at radius 1 is 1.00 bits per heavy atom. The first-order valence-electron chi connectivity index (χ1n) is 11.2. The molecule has 0 saturated heterocycles. The van der Waals surface area contributed by atoms with Crippen LogP contribution in [-0.2, 0) is 11.2 Å². The molecule has 7 heteroatoms. The summed E-state index contributed by atoms with van der Waals surface area (Å²) in [5.41, 5.74) is 5.51. The number of hydrogen-bond donors (Lipinski definition) is 0. The van der Waals surface area contributed by atoms with Crippen molar-refractivity contribution in [2.45, 2.75) is 26.7 Å². The molecule has 1 amide bonds. The Kier molecular flexibility index (Phi) is 4.61. The SMILES string of the molecule is Cc1cc2c3n1C(c1ccccc1)=CN(n1c(C)nc4cccc(Cl)c4c1=O)C(=O)C3=CCC2. The monoisotopic (exact) mass is 468 g/mol. The summed E-state index contributed by atoms with van der Waals surface area (Å²) in [5, 5.41) is 1.98. The quantitative estimate of drug-likeness (QED) is 0.423. The second-order valence-corrected chi connectivity index (χ2v) is 9.00. The average Bonchev–Trinajstić information content (AvgIpc) is 3.09. The highest BCUT2D eigenvalue weighted by Crippen LogP contribution is 2.37. The Bertz CT molecular complexity index is 1630. The van der Waals surface area contributed by atoms with Gasteiger partial charge in [0, 0.05) is 11.3 Å². The third kappa shape index (κ3) is 2.92. The molecular formula is C27H21ClN4O2. The standard InChI is InChI=1S/C27H21ClN4O2/c1-16-14-19-10-6-11-20-25(19)31(16)23(18-8-4-3-5-9-18)15-30(26(20)33)32-17(2)29-22-13-7-12-21(28)24(22)27(32)34/h3-5,7-9,11-15H,6,10H2,1-2H3. The summed E-state index contributed by atoms with van der Waals surface area (Å²) in [7, 11) is 0. The van der Waals surface area contributed by atoms with Gasteiger partial charge in [0.25, 0.3) is 11.5 Å². The molecule has 0 saturated carbocycles. The number of carbonyl (C=O) groups is 1. The van der Waals surface area contributed by atoms with E-state index in [4.69, 9.17) is 11.6 Å². The van der Waals surface area contributed by atoms with Gasteiger partial charge in [0.05, 0.1) is 39.1 Å². The zero-order valence-electron chi connectivity index (χ0n) is 18.7. The Labute approximate surface area is 201 Å². The van der Waals surface area contributed by atoms with Gasteiger partial charge in [-0.1, -0.05) is 54.1 Å². The maximum atomic E-state index is 14.0. The number of halogens is 1. The van der Waals surface area contributed by atoms with Gasteiger partial charge in [0.1, 0.15) is 5.82 Å². The molecule has 34 heavy (non-hydrogen) atoms. The molecule has 1 aliphatic heterocycles. The molecule has 0 spiro atoms. The Morgan fingerprint density at radius 2 is 1.79 bits per heavy atom. The first kappa shape index (κ1) is 20.7. The molecule has 0 radical (unpaired) electrons. The van der Waals surface area contributed by atoms with Crippen LogP contribution in [0.2, 0.25) is 5.02 Å². The van der Waals surface area contributed by atoms with Gasteiger partial charge in [-0.15, -0.1) is 0 Å². The molecule has 0 atom stereocenters. The lowest BCUT2D eigenvalue weighted by Crippen LogP contribution is -2.44. The molecule has 6 rings (SSSR count). The number of hydrogen-bond acceptors (Lipinski definition) is 3. The molecule has 2 aliphatic rings. The Hall–Kier alpha value is -3.90. The van der Waals surface area contributed by atoms with E-state index in [1.54, 1.807) is 31.3 Å². The number of allylic oxidation sites excluding steroid dienone is 1. The molecule has 0 bridgehead atoms. The number of benzene rings is 2. The van der Waals surface area contributed by atoms with Crippen LogP contribution in [-0.4, -0.2) is 20.1 Å². The molecule has 0 N–H and O–H groups in total. The van der Waals surface area contributed by atoms with Crippen molar-refractivity contribution < 1.29 is 4.79 Å². The van der Waals surface area contributed by atoms with Gasteiger partial charge in [-0.05, 0) is 50.5 Å². The van der Waals surface area contributed by atoms with Crippen molar-refractivity contribution in [3.8, 4) is 0 Å². The number of nitrogens with zero attached hydrogens (tertiary/aromatic N) is 4. The predicted octanol–water partition coefficient (Wildman–Crippen LogP) is 4.82. The van der Waals surface area contributed by atoms with E-state index >= 15 is 0 Å². The van der Waals surface area contributed by atoms with Crippen LogP contribution >= 0.6 is 11.6 Å². The maximum absolute atomic E-state index is 14.0. The largest absolute Gasteiger partial charge is 0.311 e. The molecule has 3 heterocycles. The fourth-order valence-corrected chi connectivity index (χ4v) is 5.27. The zero-order valence-corrected chi connectivity index (χ0v) is 19.5. The van der Waals surface area contributed by atoms with E-state index < -0.39 is 0 Å². The van der Waals surface area contributed by atoms with E-state index in [0.717, 1.165) is 41.1 Å². The van der Waals surface area contributed by atoms with Crippen LogP contribution < -0.4 is 10.6 Å². The summed E-state index contributed by atoms with van der Waals surface area (Å²) in [6, 6.07) is 17.2. The maximum Gasteiger partial charge on any atom is 0.282 e. The minimum Gasteiger partial charge on any atom is -0.311 e. The fraction of sp³-hybridized carbons (Fsp3) is 0.148. The van der Waals surface area contributed by atoms with Crippen LogP contribution in [0.15, 0.2) is 71.7 Å². The Morgan fingerprint density at radius 3 is 2.59 bits per heavy atom. The van der Waals surface area contributed by atoms with Crippen molar-refractivity contribution in [1.29, 1.82) is 0 Å². The van der Waals surface area contributed by atoms with E-state index in [9.17, 15) is 9.59 Å². The van der Waals surface area contributed by atoms with Crippen LogP contribution in [0.4, 0.5) is 0 Å². The number of carbonyl (C=O) groups excluding carboxylic acids is 1. The number of fused-ring (bicyclic) bond motifs is 1. The van der Waals surface area contributed by atoms with Crippen LogP contribution in [0, 0.1) is 13.8 Å². The normalized spacial score (nSPS) is 15.1. The summed E-state index contributed by atoms with van der Waals surface area (Å²) in [4.78, 5) is 32.3. The molecule has 2 aromatic carbocycles. The van der Waals surface area contributed by atoms with Crippen molar-refractivity contribution in [2.24, 2.45) is 0 Å². The topological polar surface area (TPSA) is 60.1 Å². The Balaban J connectivity index is 1.70. The van der Waals surface area contributed by atoms with Crippen LogP contribution in [0.25, 0.3) is 22.2 Å². The third-order valence-corrected chi connectivity index (χ3v) is 6.79. The van der Waals surface area contributed by atoms with E-state index in [1.165, 1.54) is 9.69 Å². The fourth-order valence-electron chi connectivity index (χ4n) is 5.02. The number of aryl methyl sites for hydroxylation is 3. The van der Waals surface area contributed by atoms with Crippen LogP contribution in [0.5, 0.6) is 0 Å². The highest BCUT2D eigenvalue weighted by molar-refractivity contribution is 6.35. The molecule has 6 nitrogen and oxygen atoms in total. The second-order valence-electron chi connectivity index (χ2n) is 8.59. The first-order chi connectivity index (χ1) is 16.5. The summed E-state index contributed by atoms with van der Waals surface area (Å²) < 4.78 is 3.45. The van der Waals surface area contributed by atoms with Gasteiger partial charge in [-0.3, -0.25) is 9.59 Å². The first-order valence-corrected chi connectivity index (χ1v) is 11.5. The van der Waals surface area contributed by atoms with Gasteiger partial charge in [0.2, 0.25) is 0 Å². The molecule has 1 aliphatic carbocycles. The molecule has 2 aromatic heterocycles. The summed E-state index contributed by atoms with van der Waals surface area (Å²) >= 11 is 6.39.